The van der Waals surface area contributed by atoms with Gasteiger partial charge in [0.2, 0.25) is 5.91 Å². The van der Waals surface area contributed by atoms with E-state index in [0.717, 1.165) is 0 Å². The third-order valence-electron chi connectivity index (χ3n) is 3.54. The molecule has 1 N–H and O–H groups in total. The normalized spacial score (nSPS) is 19.1. The van der Waals surface area contributed by atoms with Crippen molar-refractivity contribution in [2.24, 2.45) is 17.3 Å². The van der Waals surface area contributed by atoms with Crippen molar-refractivity contribution in [3.8, 4) is 0 Å². The average molecular weight is 227 g/mol. The predicted octanol–water partition coefficient (Wildman–Crippen LogP) is 1.60. The van der Waals surface area contributed by atoms with Gasteiger partial charge >= 0.3 is 5.97 Å². The van der Waals surface area contributed by atoms with Gasteiger partial charge in [-0.3, -0.25) is 9.59 Å². The van der Waals surface area contributed by atoms with Crippen LogP contribution in [0.3, 0.4) is 0 Å². The van der Waals surface area contributed by atoms with Crippen LogP contribution >= 0.6 is 0 Å². The molecule has 0 aromatic carbocycles. The fourth-order valence-electron chi connectivity index (χ4n) is 1.54. The van der Waals surface area contributed by atoms with Crippen LogP contribution in [0.1, 0.15) is 34.1 Å². The van der Waals surface area contributed by atoms with E-state index >= 15 is 0 Å². The monoisotopic (exact) mass is 227 g/mol. The highest BCUT2D eigenvalue weighted by atomic mass is 16.4. The van der Waals surface area contributed by atoms with E-state index in [0.29, 0.717) is 25.4 Å². The van der Waals surface area contributed by atoms with Crippen LogP contribution in [0.2, 0.25) is 0 Å². The Hall–Kier alpha value is -1.06. The Morgan fingerprint density at radius 3 is 2.25 bits per heavy atom. The summed E-state index contributed by atoms with van der Waals surface area (Å²) in [5, 5.41) is 8.71. The fourth-order valence-corrected chi connectivity index (χ4v) is 1.54. The van der Waals surface area contributed by atoms with E-state index in [9.17, 15) is 9.59 Å². The van der Waals surface area contributed by atoms with Crippen molar-refractivity contribution in [1.29, 1.82) is 0 Å². The van der Waals surface area contributed by atoms with E-state index in [1.54, 1.807) is 4.90 Å². The Bertz CT molecular complexity index is 287. The summed E-state index contributed by atoms with van der Waals surface area (Å²) in [5.41, 5.74) is 0.118. The van der Waals surface area contributed by atoms with Gasteiger partial charge in [-0.1, -0.05) is 27.7 Å². The molecule has 1 heterocycles. The highest BCUT2D eigenvalue weighted by Gasteiger charge is 2.36. The van der Waals surface area contributed by atoms with Gasteiger partial charge in [-0.2, -0.15) is 0 Å². The summed E-state index contributed by atoms with van der Waals surface area (Å²) < 4.78 is 0. The molecule has 1 amide bonds. The van der Waals surface area contributed by atoms with Crippen molar-refractivity contribution in [1.82, 2.24) is 4.90 Å². The van der Waals surface area contributed by atoms with Gasteiger partial charge in [0.15, 0.2) is 0 Å². The molecule has 16 heavy (non-hydrogen) atoms. The van der Waals surface area contributed by atoms with Gasteiger partial charge in [0.25, 0.3) is 0 Å². The summed E-state index contributed by atoms with van der Waals surface area (Å²) in [6, 6.07) is 0. The number of carboxylic acids is 1. The Morgan fingerprint density at radius 1 is 1.38 bits per heavy atom. The number of likely N-dealkylation sites (tertiary alicyclic amines) is 1. The van der Waals surface area contributed by atoms with Crippen molar-refractivity contribution >= 4 is 11.9 Å². The minimum absolute atomic E-state index is 0.0833. The van der Waals surface area contributed by atoms with Gasteiger partial charge in [-0.15, -0.1) is 0 Å². The molecule has 0 aromatic rings. The molecule has 4 nitrogen and oxygen atoms in total. The second kappa shape index (κ2) is 4.44. The molecule has 0 aromatic heterocycles. The summed E-state index contributed by atoms with van der Waals surface area (Å²) in [6.07, 6.45) is 0.510. The average Bonchev–Trinajstić information content (AvgIpc) is 1.97. The number of amides is 1. The molecule has 0 bridgehead atoms. The molecule has 0 spiro atoms. The second-order valence-electron chi connectivity index (χ2n) is 5.81. The SMILES string of the molecule is CC(CC(=O)N1CC(C(=O)O)C1)C(C)(C)C. The Balaban J connectivity index is 2.36. The molecular weight excluding hydrogens is 206 g/mol. The molecule has 1 atom stereocenters. The van der Waals surface area contributed by atoms with Crippen LogP contribution in [0.25, 0.3) is 0 Å². The molecule has 0 saturated carbocycles. The van der Waals surface area contributed by atoms with Crippen LogP contribution in [0, 0.1) is 17.3 Å². The van der Waals surface area contributed by atoms with E-state index in [2.05, 4.69) is 27.7 Å². The molecule has 1 fully saturated rings. The first-order valence-corrected chi connectivity index (χ1v) is 5.72. The van der Waals surface area contributed by atoms with Crippen molar-refractivity contribution in [2.75, 3.05) is 13.1 Å². The third kappa shape index (κ3) is 2.97. The largest absolute Gasteiger partial charge is 0.481 e. The molecule has 1 aliphatic heterocycles. The number of rotatable bonds is 3. The predicted molar refractivity (Wildman–Crippen MR) is 60.9 cm³/mol. The van der Waals surface area contributed by atoms with E-state index in [1.807, 2.05) is 0 Å². The maximum atomic E-state index is 11.8. The summed E-state index contributed by atoms with van der Waals surface area (Å²) in [7, 11) is 0. The van der Waals surface area contributed by atoms with Gasteiger partial charge < -0.3 is 10.0 Å². The molecule has 0 radical (unpaired) electrons. The highest BCUT2D eigenvalue weighted by Crippen LogP contribution is 2.29. The zero-order chi connectivity index (χ0) is 12.5. The van der Waals surface area contributed by atoms with Crippen LogP contribution in [-0.2, 0) is 9.59 Å². The number of nitrogens with zero attached hydrogens (tertiary/aromatic N) is 1. The minimum atomic E-state index is -0.798. The summed E-state index contributed by atoms with van der Waals surface area (Å²) >= 11 is 0. The summed E-state index contributed by atoms with van der Waals surface area (Å²) in [4.78, 5) is 24.0. The lowest BCUT2D eigenvalue weighted by molar-refractivity contribution is -0.153. The molecule has 0 aliphatic carbocycles. The van der Waals surface area contributed by atoms with Crippen LogP contribution < -0.4 is 0 Å². The van der Waals surface area contributed by atoms with Crippen LogP contribution in [0.15, 0.2) is 0 Å². The second-order valence-corrected chi connectivity index (χ2v) is 5.81. The molecular formula is C12H21NO3. The van der Waals surface area contributed by atoms with Gasteiger partial charge in [-0.25, -0.2) is 0 Å². The Kier molecular flexibility index (Phi) is 3.61. The topological polar surface area (TPSA) is 57.6 Å². The number of carbonyl (C=O) groups excluding carboxylic acids is 1. The summed E-state index contributed by atoms with van der Waals surface area (Å²) in [6.45, 7) is 9.16. The number of carbonyl (C=O) groups is 2. The molecule has 4 heteroatoms. The van der Waals surface area contributed by atoms with Crippen molar-refractivity contribution < 1.29 is 14.7 Å². The van der Waals surface area contributed by atoms with Crippen molar-refractivity contribution in [3.05, 3.63) is 0 Å². The molecule has 1 rings (SSSR count). The first-order chi connectivity index (χ1) is 7.21. The molecule has 1 unspecified atom stereocenters. The smallest absolute Gasteiger partial charge is 0.310 e. The van der Waals surface area contributed by atoms with Crippen LogP contribution in [-0.4, -0.2) is 35.0 Å². The van der Waals surface area contributed by atoms with Crippen LogP contribution in [0.5, 0.6) is 0 Å². The first kappa shape index (κ1) is 13.0. The van der Waals surface area contributed by atoms with Gasteiger partial charge in [0.1, 0.15) is 0 Å². The first-order valence-electron chi connectivity index (χ1n) is 5.72. The van der Waals surface area contributed by atoms with Gasteiger partial charge in [0.05, 0.1) is 5.92 Å². The molecule has 1 aliphatic rings. The van der Waals surface area contributed by atoms with E-state index in [4.69, 9.17) is 5.11 Å². The van der Waals surface area contributed by atoms with Gasteiger partial charge in [0, 0.05) is 19.5 Å². The lowest BCUT2D eigenvalue weighted by Gasteiger charge is -2.38. The Morgan fingerprint density at radius 2 is 1.88 bits per heavy atom. The number of carboxylic acid groups (broad SMARTS) is 1. The molecule has 1 saturated heterocycles. The molecule has 92 valence electrons. The number of aliphatic carboxylic acids is 1. The van der Waals surface area contributed by atoms with Crippen molar-refractivity contribution in [3.63, 3.8) is 0 Å². The van der Waals surface area contributed by atoms with E-state index in [1.165, 1.54) is 0 Å². The third-order valence-corrected chi connectivity index (χ3v) is 3.54. The lowest BCUT2D eigenvalue weighted by Crippen LogP contribution is -2.53. The maximum absolute atomic E-state index is 11.8. The van der Waals surface area contributed by atoms with Crippen LogP contribution in [0.4, 0.5) is 0 Å². The fraction of sp³-hybridized carbons (Fsp3) is 0.833. The van der Waals surface area contributed by atoms with Gasteiger partial charge in [-0.05, 0) is 11.3 Å². The standard InChI is InChI=1S/C12H21NO3/c1-8(12(2,3)4)5-10(14)13-6-9(7-13)11(15)16/h8-9H,5-7H2,1-4H3,(H,15,16). The zero-order valence-electron chi connectivity index (χ0n) is 10.5. The lowest BCUT2D eigenvalue weighted by atomic mass is 9.79. The number of hydrogen-bond donors (Lipinski definition) is 1. The maximum Gasteiger partial charge on any atom is 0.310 e. The minimum Gasteiger partial charge on any atom is -0.481 e. The Labute approximate surface area is 96.6 Å². The zero-order valence-corrected chi connectivity index (χ0v) is 10.5. The summed E-state index contributed by atoms with van der Waals surface area (Å²) in [5.74, 6) is -0.759. The number of hydrogen-bond acceptors (Lipinski definition) is 2. The highest BCUT2D eigenvalue weighted by molar-refractivity contribution is 5.81. The van der Waals surface area contributed by atoms with E-state index < -0.39 is 5.97 Å². The quantitative estimate of drug-likeness (QED) is 0.796. The van der Waals surface area contributed by atoms with Crippen molar-refractivity contribution in [2.45, 2.75) is 34.1 Å². The van der Waals surface area contributed by atoms with E-state index in [-0.39, 0.29) is 17.2 Å².